The van der Waals surface area contributed by atoms with Gasteiger partial charge >= 0.3 is 0 Å². The molecule has 0 saturated heterocycles. The van der Waals surface area contributed by atoms with Crippen LogP contribution in [0.25, 0.3) is 0 Å². The number of hydrogen-bond acceptors (Lipinski definition) is 2. The van der Waals surface area contributed by atoms with Gasteiger partial charge in [-0.15, -0.1) is 0 Å². The molecule has 3 saturated carbocycles. The Balaban J connectivity index is 1.90. The predicted molar refractivity (Wildman–Crippen MR) is 65.1 cm³/mol. The molecule has 0 aromatic carbocycles. The summed E-state index contributed by atoms with van der Waals surface area (Å²) in [7, 11) is 0. The molecule has 1 unspecified atom stereocenters. The van der Waals surface area contributed by atoms with Gasteiger partial charge in [0.15, 0.2) is 6.29 Å². The first-order valence-corrected chi connectivity index (χ1v) is 6.73. The lowest BCUT2D eigenvalue weighted by Gasteiger charge is -2.61. The summed E-state index contributed by atoms with van der Waals surface area (Å²) in [5.74, 6) is 2.40. The first-order valence-electron chi connectivity index (χ1n) is 6.73. The van der Waals surface area contributed by atoms with E-state index in [1.54, 1.807) is 0 Å². The van der Waals surface area contributed by atoms with E-state index in [0.29, 0.717) is 17.4 Å². The highest BCUT2D eigenvalue weighted by Gasteiger charge is 2.56. The van der Waals surface area contributed by atoms with Gasteiger partial charge in [-0.2, -0.15) is 0 Å². The van der Waals surface area contributed by atoms with Gasteiger partial charge in [-0.25, -0.2) is 0 Å². The molecule has 0 heterocycles. The van der Waals surface area contributed by atoms with Crippen molar-refractivity contribution in [3.8, 4) is 0 Å². The van der Waals surface area contributed by atoms with Crippen LogP contribution in [0.15, 0.2) is 0 Å². The van der Waals surface area contributed by atoms with Crippen LogP contribution in [0.2, 0.25) is 0 Å². The Morgan fingerprint density at radius 2 is 2.00 bits per heavy atom. The zero-order valence-electron chi connectivity index (χ0n) is 11.3. The maximum Gasteiger partial charge on any atom is 0.155 e. The van der Waals surface area contributed by atoms with Gasteiger partial charge in [0.25, 0.3) is 0 Å². The Morgan fingerprint density at radius 3 is 2.50 bits per heavy atom. The molecule has 94 valence electrons. The zero-order valence-corrected chi connectivity index (χ0v) is 11.3. The minimum atomic E-state index is -0.0435. The smallest absolute Gasteiger partial charge is 0.155 e. The molecule has 3 aliphatic rings. The van der Waals surface area contributed by atoms with E-state index in [1.165, 1.54) is 12.8 Å². The molecule has 2 nitrogen and oxygen atoms in total. The minimum absolute atomic E-state index is 0.0435. The molecule has 3 aliphatic carbocycles. The largest absolute Gasteiger partial charge is 0.353 e. The van der Waals surface area contributed by atoms with Crippen LogP contribution in [-0.2, 0) is 9.47 Å². The maximum absolute atomic E-state index is 6.02. The van der Waals surface area contributed by atoms with Crippen LogP contribution in [0, 0.1) is 23.2 Å². The van der Waals surface area contributed by atoms with Crippen molar-refractivity contribution >= 4 is 0 Å². The summed E-state index contributed by atoms with van der Waals surface area (Å²) in [5, 5.41) is 0. The Kier molecular flexibility index (Phi) is 3.33. The summed E-state index contributed by atoms with van der Waals surface area (Å²) in [6.45, 7) is 12.0. The lowest BCUT2D eigenvalue weighted by Crippen LogP contribution is -2.57. The molecular formula is C14H26O2. The van der Waals surface area contributed by atoms with Crippen LogP contribution >= 0.6 is 0 Å². The fraction of sp³-hybridized carbons (Fsp3) is 1.00. The van der Waals surface area contributed by atoms with E-state index in [-0.39, 0.29) is 6.29 Å². The third-order valence-corrected chi connectivity index (χ3v) is 5.05. The highest BCUT2D eigenvalue weighted by atomic mass is 16.7. The Hall–Kier alpha value is -0.0800. The predicted octanol–water partition coefficient (Wildman–Crippen LogP) is 3.46. The van der Waals surface area contributed by atoms with Crippen molar-refractivity contribution in [1.29, 1.82) is 0 Å². The van der Waals surface area contributed by atoms with E-state index in [4.69, 9.17) is 9.47 Å². The highest BCUT2D eigenvalue weighted by Crippen LogP contribution is 2.61. The summed E-state index contributed by atoms with van der Waals surface area (Å²) in [6, 6.07) is 0. The summed E-state index contributed by atoms with van der Waals surface area (Å²) < 4.78 is 11.5. The molecule has 2 bridgehead atoms. The number of fused-ring (bicyclic) bond motifs is 2. The standard InChI is InChI=1S/C14H26O2/c1-6-15-10(3)16-13-8-11-7-12(9(13)2)14(11,4)5/h9-13H,6-8H2,1-5H3/t9-,10?,11-,12+,13-/m0/s1. The number of hydrogen-bond donors (Lipinski definition) is 0. The lowest BCUT2D eigenvalue weighted by atomic mass is 9.45. The average Bonchev–Trinajstić information content (AvgIpc) is 2.20. The molecule has 0 aliphatic heterocycles. The second kappa shape index (κ2) is 4.30. The van der Waals surface area contributed by atoms with E-state index in [0.717, 1.165) is 18.4 Å². The normalized spacial score (nSPS) is 42.6. The van der Waals surface area contributed by atoms with E-state index in [9.17, 15) is 0 Å². The van der Waals surface area contributed by atoms with E-state index < -0.39 is 0 Å². The summed E-state index contributed by atoms with van der Waals surface area (Å²) in [6.07, 6.45) is 3.01. The molecule has 0 N–H and O–H groups in total. The van der Waals surface area contributed by atoms with Crippen molar-refractivity contribution < 1.29 is 9.47 Å². The van der Waals surface area contributed by atoms with E-state index in [1.807, 2.05) is 13.8 Å². The minimum Gasteiger partial charge on any atom is -0.353 e. The van der Waals surface area contributed by atoms with Crippen molar-refractivity contribution in [2.75, 3.05) is 6.61 Å². The van der Waals surface area contributed by atoms with E-state index >= 15 is 0 Å². The number of ether oxygens (including phenoxy) is 2. The van der Waals surface area contributed by atoms with Crippen molar-refractivity contribution in [1.82, 2.24) is 0 Å². The summed E-state index contributed by atoms with van der Waals surface area (Å²) in [4.78, 5) is 0. The van der Waals surface area contributed by atoms with Gasteiger partial charge in [-0.05, 0) is 49.9 Å². The second-order valence-electron chi connectivity index (χ2n) is 6.15. The monoisotopic (exact) mass is 226 g/mol. The third kappa shape index (κ3) is 1.91. The molecule has 0 radical (unpaired) electrons. The molecule has 2 heteroatoms. The number of rotatable bonds is 4. The zero-order chi connectivity index (χ0) is 11.9. The van der Waals surface area contributed by atoms with Crippen LogP contribution in [0.3, 0.4) is 0 Å². The Bertz CT molecular complexity index is 249. The Labute approximate surface area is 99.7 Å². The first kappa shape index (κ1) is 12.4. The summed E-state index contributed by atoms with van der Waals surface area (Å²) >= 11 is 0. The van der Waals surface area contributed by atoms with E-state index in [2.05, 4.69) is 20.8 Å². The third-order valence-electron chi connectivity index (χ3n) is 5.05. The lowest BCUT2D eigenvalue weighted by molar-refractivity contribution is -0.230. The van der Waals surface area contributed by atoms with Crippen LogP contribution in [0.1, 0.15) is 47.5 Å². The van der Waals surface area contributed by atoms with Gasteiger partial charge in [0, 0.05) is 6.61 Å². The molecule has 0 aromatic rings. The molecule has 0 amide bonds. The highest BCUT2D eigenvalue weighted by molar-refractivity contribution is 5.05. The van der Waals surface area contributed by atoms with Gasteiger partial charge in [0.1, 0.15) is 0 Å². The fourth-order valence-corrected chi connectivity index (χ4v) is 3.80. The molecule has 3 rings (SSSR count). The SMILES string of the molecule is CCOC(C)O[C@H]1C[C@@H]2C[C@H]([C@@H]1C)C2(C)C. The van der Waals surface area contributed by atoms with Gasteiger partial charge in [0.2, 0.25) is 0 Å². The van der Waals surface area contributed by atoms with Gasteiger partial charge < -0.3 is 9.47 Å². The van der Waals surface area contributed by atoms with Gasteiger partial charge in [-0.3, -0.25) is 0 Å². The van der Waals surface area contributed by atoms with Crippen molar-refractivity contribution in [2.24, 2.45) is 23.2 Å². The maximum atomic E-state index is 6.02. The molecule has 16 heavy (non-hydrogen) atoms. The van der Waals surface area contributed by atoms with Crippen LogP contribution < -0.4 is 0 Å². The molecular weight excluding hydrogens is 200 g/mol. The average molecular weight is 226 g/mol. The van der Waals surface area contributed by atoms with Crippen LogP contribution in [0.5, 0.6) is 0 Å². The molecule has 0 aromatic heterocycles. The van der Waals surface area contributed by atoms with Crippen molar-refractivity contribution in [2.45, 2.75) is 59.9 Å². The quantitative estimate of drug-likeness (QED) is 0.683. The first-order chi connectivity index (χ1) is 7.46. The Morgan fingerprint density at radius 1 is 1.31 bits per heavy atom. The molecule has 3 fully saturated rings. The summed E-state index contributed by atoms with van der Waals surface area (Å²) in [5.41, 5.74) is 0.550. The van der Waals surface area contributed by atoms with Crippen molar-refractivity contribution in [3.63, 3.8) is 0 Å². The van der Waals surface area contributed by atoms with Gasteiger partial charge in [0.05, 0.1) is 6.10 Å². The van der Waals surface area contributed by atoms with Crippen LogP contribution in [0.4, 0.5) is 0 Å². The molecule has 0 spiro atoms. The topological polar surface area (TPSA) is 18.5 Å². The second-order valence-corrected chi connectivity index (χ2v) is 6.15. The van der Waals surface area contributed by atoms with Crippen molar-refractivity contribution in [3.05, 3.63) is 0 Å². The van der Waals surface area contributed by atoms with Gasteiger partial charge in [-0.1, -0.05) is 20.8 Å². The molecule has 5 atom stereocenters. The fourth-order valence-electron chi connectivity index (χ4n) is 3.80. The van der Waals surface area contributed by atoms with Crippen LogP contribution in [-0.4, -0.2) is 19.0 Å².